The lowest BCUT2D eigenvalue weighted by atomic mass is 10.0. The molecule has 3 nitrogen and oxygen atoms in total. The fourth-order valence-corrected chi connectivity index (χ4v) is 3.01. The number of hydrogen-bond donors (Lipinski definition) is 1. The molecule has 0 fully saturated rings. The van der Waals surface area contributed by atoms with E-state index in [1.54, 1.807) is 6.07 Å². The number of rotatable bonds is 3. The molecule has 0 radical (unpaired) electrons. The van der Waals surface area contributed by atoms with E-state index in [1.165, 1.54) is 17.7 Å². The highest BCUT2D eigenvalue weighted by Gasteiger charge is 2.11. The van der Waals surface area contributed by atoms with Crippen molar-refractivity contribution in [1.29, 1.82) is 0 Å². The van der Waals surface area contributed by atoms with Crippen LogP contribution in [-0.2, 0) is 0 Å². The van der Waals surface area contributed by atoms with E-state index < -0.39 is 5.82 Å². The van der Waals surface area contributed by atoms with Crippen LogP contribution in [0.15, 0.2) is 66.7 Å². The van der Waals surface area contributed by atoms with Gasteiger partial charge in [-0.25, -0.2) is 4.39 Å². The average Bonchev–Trinajstić information content (AvgIpc) is 2.66. The summed E-state index contributed by atoms with van der Waals surface area (Å²) in [6.07, 6.45) is 0. The van der Waals surface area contributed by atoms with Crippen molar-refractivity contribution in [3.63, 3.8) is 0 Å². The number of nitrogens with zero attached hydrogens (tertiary/aromatic N) is 2. The molecule has 0 spiro atoms. The second-order valence-corrected chi connectivity index (χ2v) is 6.47. The summed E-state index contributed by atoms with van der Waals surface area (Å²) in [5, 5.41) is 13.9. The minimum absolute atomic E-state index is 0.0588. The Kier molecular flexibility index (Phi) is 4.27. The van der Waals surface area contributed by atoms with E-state index in [4.69, 9.17) is 11.6 Å². The van der Waals surface area contributed by atoms with Crippen LogP contribution in [0.25, 0.3) is 22.0 Å². The molecule has 0 aliphatic carbocycles. The number of halogens is 2. The van der Waals surface area contributed by atoms with Gasteiger partial charge in [0.25, 0.3) is 0 Å². The Morgan fingerprint density at radius 1 is 0.885 bits per heavy atom. The zero-order chi connectivity index (χ0) is 18.1. The molecule has 0 amide bonds. The molecule has 1 heterocycles. The third kappa shape index (κ3) is 3.11. The zero-order valence-electron chi connectivity index (χ0n) is 14.0. The Bertz CT molecular complexity index is 1090. The van der Waals surface area contributed by atoms with Gasteiger partial charge in [-0.05, 0) is 25.1 Å². The van der Waals surface area contributed by atoms with E-state index >= 15 is 0 Å². The Hall–Kier alpha value is -2.98. The first-order valence-corrected chi connectivity index (χ1v) is 8.54. The quantitative estimate of drug-likeness (QED) is 0.475. The third-order valence-electron chi connectivity index (χ3n) is 4.19. The Morgan fingerprint density at radius 2 is 1.62 bits per heavy atom. The van der Waals surface area contributed by atoms with Crippen molar-refractivity contribution in [3.05, 3.63) is 83.1 Å². The lowest BCUT2D eigenvalue weighted by Crippen LogP contribution is -1.99. The van der Waals surface area contributed by atoms with Crippen molar-refractivity contribution in [1.82, 2.24) is 10.2 Å². The second kappa shape index (κ2) is 6.73. The highest BCUT2D eigenvalue weighted by Crippen LogP contribution is 2.31. The van der Waals surface area contributed by atoms with Gasteiger partial charge in [0.1, 0.15) is 11.5 Å². The summed E-state index contributed by atoms with van der Waals surface area (Å²) >= 11 is 5.87. The van der Waals surface area contributed by atoms with E-state index in [2.05, 4.69) is 34.6 Å². The SMILES string of the molecule is Cc1ccc(-c2nnc(Nc3ccc(F)c(Cl)c3)c3ccccc23)cc1. The van der Waals surface area contributed by atoms with Gasteiger partial charge >= 0.3 is 0 Å². The fraction of sp³-hybridized carbons (Fsp3) is 0.0476. The maximum atomic E-state index is 13.4. The van der Waals surface area contributed by atoms with Crippen LogP contribution in [0.3, 0.4) is 0 Å². The first-order chi connectivity index (χ1) is 12.6. The standard InChI is InChI=1S/C21H15ClFN3/c1-13-6-8-14(9-7-13)20-16-4-2-3-5-17(16)21(26-25-20)24-15-10-11-19(23)18(22)12-15/h2-12H,1H3,(H,24,26). The van der Waals surface area contributed by atoms with Crippen LogP contribution in [0.5, 0.6) is 0 Å². The van der Waals surface area contributed by atoms with Crippen molar-refractivity contribution >= 4 is 33.9 Å². The Balaban J connectivity index is 1.81. The number of anilines is 2. The topological polar surface area (TPSA) is 37.8 Å². The maximum Gasteiger partial charge on any atom is 0.161 e. The molecule has 0 atom stereocenters. The van der Waals surface area contributed by atoms with E-state index in [1.807, 2.05) is 36.4 Å². The third-order valence-corrected chi connectivity index (χ3v) is 4.48. The fourth-order valence-electron chi connectivity index (χ4n) is 2.83. The summed E-state index contributed by atoms with van der Waals surface area (Å²) in [7, 11) is 0. The summed E-state index contributed by atoms with van der Waals surface area (Å²) in [5.41, 5.74) is 3.68. The second-order valence-electron chi connectivity index (χ2n) is 6.06. The number of benzene rings is 3. The van der Waals surface area contributed by atoms with Gasteiger partial charge in [0.15, 0.2) is 5.82 Å². The van der Waals surface area contributed by atoms with E-state index in [9.17, 15) is 4.39 Å². The normalized spacial score (nSPS) is 10.9. The number of fused-ring (bicyclic) bond motifs is 1. The molecule has 4 rings (SSSR count). The molecule has 3 aromatic carbocycles. The molecular formula is C21H15ClFN3. The molecule has 0 bridgehead atoms. The van der Waals surface area contributed by atoms with Crippen LogP contribution in [0.1, 0.15) is 5.56 Å². The molecule has 1 aromatic heterocycles. The smallest absolute Gasteiger partial charge is 0.161 e. The lowest BCUT2D eigenvalue weighted by molar-refractivity contribution is 0.628. The van der Waals surface area contributed by atoms with Gasteiger partial charge in [-0.2, -0.15) is 0 Å². The lowest BCUT2D eigenvalue weighted by Gasteiger charge is -2.11. The van der Waals surface area contributed by atoms with Gasteiger partial charge in [0, 0.05) is 22.0 Å². The first-order valence-electron chi connectivity index (χ1n) is 8.16. The van der Waals surface area contributed by atoms with Gasteiger partial charge in [-0.15, -0.1) is 10.2 Å². The average molecular weight is 364 g/mol. The molecule has 4 aromatic rings. The Morgan fingerprint density at radius 3 is 2.35 bits per heavy atom. The highest BCUT2D eigenvalue weighted by molar-refractivity contribution is 6.31. The summed E-state index contributed by atoms with van der Waals surface area (Å²) in [4.78, 5) is 0. The first kappa shape index (κ1) is 16.5. The minimum Gasteiger partial charge on any atom is -0.338 e. The number of aromatic nitrogens is 2. The van der Waals surface area contributed by atoms with Crippen LogP contribution in [0.4, 0.5) is 15.9 Å². The van der Waals surface area contributed by atoms with Gasteiger partial charge in [0.2, 0.25) is 0 Å². The van der Waals surface area contributed by atoms with Gasteiger partial charge in [0.05, 0.1) is 5.02 Å². The zero-order valence-corrected chi connectivity index (χ0v) is 14.8. The molecule has 0 aliphatic heterocycles. The van der Waals surface area contributed by atoms with Gasteiger partial charge in [-0.1, -0.05) is 65.7 Å². The summed E-state index contributed by atoms with van der Waals surface area (Å²) in [5.74, 6) is 0.141. The molecule has 128 valence electrons. The van der Waals surface area contributed by atoms with Crippen molar-refractivity contribution in [2.75, 3.05) is 5.32 Å². The molecule has 0 aliphatic rings. The highest BCUT2D eigenvalue weighted by atomic mass is 35.5. The van der Waals surface area contributed by atoms with Crippen LogP contribution >= 0.6 is 11.6 Å². The Labute approximate surface area is 155 Å². The monoisotopic (exact) mass is 363 g/mol. The van der Waals surface area contributed by atoms with E-state index in [0.29, 0.717) is 11.5 Å². The molecule has 0 unspecified atom stereocenters. The molecule has 26 heavy (non-hydrogen) atoms. The minimum atomic E-state index is -0.456. The molecular weight excluding hydrogens is 349 g/mol. The summed E-state index contributed by atoms with van der Waals surface area (Å²) in [6, 6.07) is 20.6. The van der Waals surface area contributed by atoms with Gasteiger partial charge in [-0.3, -0.25) is 0 Å². The number of nitrogens with one attached hydrogen (secondary N) is 1. The van der Waals surface area contributed by atoms with Crippen LogP contribution in [-0.4, -0.2) is 10.2 Å². The predicted octanol–water partition coefficient (Wildman–Crippen LogP) is 6.14. The molecule has 0 saturated heterocycles. The molecule has 1 N–H and O–H groups in total. The molecule has 0 saturated carbocycles. The summed E-state index contributed by atoms with van der Waals surface area (Å²) < 4.78 is 13.4. The predicted molar refractivity (Wildman–Crippen MR) is 104 cm³/mol. The number of aryl methyl sites for hydroxylation is 1. The molecule has 5 heteroatoms. The van der Waals surface area contributed by atoms with E-state index in [-0.39, 0.29) is 5.02 Å². The van der Waals surface area contributed by atoms with Crippen molar-refractivity contribution < 1.29 is 4.39 Å². The van der Waals surface area contributed by atoms with Crippen molar-refractivity contribution in [3.8, 4) is 11.3 Å². The maximum absolute atomic E-state index is 13.4. The largest absolute Gasteiger partial charge is 0.338 e. The van der Waals surface area contributed by atoms with Crippen LogP contribution in [0, 0.1) is 12.7 Å². The van der Waals surface area contributed by atoms with Crippen molar-refractivity contribution in [2.24, 2.45) is 0 Å². The van der Waals surface area contributed by atoms with Crippen molar-refractivity contribution in [2.45, 2.75) is 6.92 Å². The van der Waals surface area contributed by atoms with Crippen LogP contribution in [0.2, 0.25) is 5.02 Å². The summed E-state index contributed by atoms with van der Waals surface area (Å²) in [6.45, 7) is 2.05. The van der Waals surface area contributed by atoms with Gasteiger partial charge < -0.3 is 5.32 Å². The van der Waals surface area contributed by atoms with E-state index in [0.717, 1.165) is 22.0 Å². The van der Waals surface area contributed by atoms with Crippen LogP contribution < -0.4 is 5.32 Å². The number of hydrogen-bond acceptors (Lipinski definition) is 3.